The van der Waals surface area contributed by atoms with E-state index in [2.05, 4.69) is 34.5 Å². The Hall–Kier alpha value is -2.04. The van der Waals surface area contributed by atoms with Crippen LogP contribution in [0, 0.1) is 5.92 Å². The van der Waals surface area contributed by atoms with Gasteiger partial charge in [-0.25, -0.2) is 0 Å². The Labute approximate surface area is 149 Å². The van der Waals surface area contributed by atoms with Crippen LogP contribution in [0.25, 0.3) is 0 Å². The molecule has 0 spiro atoms. The van der Waals surface area contributed by atoms with Crippen LogP contribution < -0.4 is 14.8 Å². The van der Waals surface area contributed by atoms with E-state index in [1.807, 2.05) is 24.3 Å². The predicted molar refractivity (Wildman–Crippen MR) is 98.9 cm³/mol. The van der Waals surface area contributed by atoms with Crippen molar-refractivity contribution in [3.8, 4) is 11.5 Å². The summed E-state index contributed by atoms with van der Waals surface area (Å²) >= 11 is 0. The number of hydrogen-bond donors (Lipinski definition) is 1. The number of nitrogens with one attached hydrogen (secondary N) is 1. The van der Waals surface area contributed by atoms with Crippen LogP contribution in [-0.4, -0.2) is 37.7 Å². The summed E-state index contributed by atoms with van der Waals surface area (Å²) in [5.74, 6) is 2.58. The summed E-state index contributed by atoms with van der Waals surface area (Å²) in [4.78, 5) is 2.53. The molecule has 2 atom stereocenters. The molecule has 1 N–H and O–H groups in total. The first kappa shape index (κ1) is 16.4. The molecule has 0 amide bonds. The van der Waals surface area contributed by atoms with Crippen molar-refractivity contribution in [2.24, 2.45) is 5.92 Å². The first-order valence-corrected chi connectivity index (χ1v) is 9.11. The zero-order valence-corrected chi connectivity index (χ0v) is 14.8. The van der Waals surface area contributed by atoms with Gasteiger partial charge >= 0.3 is 0 Å². The van der Waals surface area contributed by atoms with Gasteiger partial charge in [0.05, 0.1) is 7.11 Å². The maximum atomic E-state index is 5.92. The largest absolute Gasteiger partial charge is 0.496 e. The van der Waals surface area contributed by atoms with Gasteiger partial charge in [0.1, 0.15) is 18.1 Å². The first-order chi connectivity index (χ1) is 12.3. The van der Waals surface area contributed by atoms with Crippen molar-refractivity contribution in [3.05, 3.63) is 59.7 Å². The molecule has 2 aliphatic rings. The predicted octanol–water partition coefficient (Wildman–Crippen LogP) is 3.07. The molecule has 0 unspecified atom stereocenters. The molecule has 2 aromatic rings. The van der Waals surface area contributed by atoms with Crippen LogP contribution in [0.15, 0.2) is 48.5 Å². The van der Waals surface area contributed by atoms with E-state index in [1.54, 1.807) is 7.11 Å². The third kappa shape index (κ3) is 3.80. The number of ether oxygens (including phenoxy) is 2. The lowest BCUT2D eigenvalue weighted by atomic mass is 10.1. The number of rotatable bonds is 6. The third-order valence-electron chi connectivity index (χ3n) is 5.34. The van der Waals surface area contributed by atoms with E-state index in [-0.39, 0.29) is 0 Å². The molecule has 2 fully saturated rings. The van der Waals surface area contributed by atoms with Gasteiger partial charge in [-0.2, -0.15) is 0 Å². The highest BCUT2D eigenvalue weighted by molar-refractivity contribution is 5.41. The van der Waals surface area contributed by atoms with Crippen LogP contribution in [0.3, 0.4) is 0 Å². The second kappa shape index (κ2) is 7.46. The van der Waals surface area contributed by atoms with E-state index < -0.39 is 0 Å². The van der Waals surface area contributed by atoms with Crippen LogP contribution in [0.4, 0.5) is 0 Å². The summed E-state index contributed by atoms with van der Waals surface area (Å²) in [5.41, 5.74) is 2.40. The standard InChI is InChI=1S/C21H26N2O2/c1-24-21-11-19(25-15-16-5-3-2-4-6-16)8-7-18(21)13-23-12-17-9-10-22-20(17)14-23/h2-8,11,17,20,22H,9-10,12-15H2,1H3/t17-,20+/m1/s1. The summed E-state index contributed by atoms with van der Waals surface area (Å²) < 4.78 is 11.5. The lowest BCUT2D eigenvalue weighted by Gasteiger charge is -2.19. The Bertz CT molecular complexity index is 692. The Morgan fingerprint density at radius 3 is 2.80 bits per heavy atom. The van der Waals surface area contributed by atoms with Crippen molar-refractivity contribution in [2.75, 3.05) is 26.7 Å². The summed E-state index contributed by atoms with van der Waals surface area (Å²) in [6, 6.07) is 17.1. The molecule has 4 nitrogen and oxygen atoms in total. The average Bonchev–Trinajstić information content (AvgIpc) is 3.23. The average molecular weight is 338 g/mol. The minimum Gasteiger partial charge on any atom is -0.496 e. The quantitative estimate of drug-likeness (QED) is 0.878. The zero-order chi connectivity index (χ0) is 17.1. The highest BCUT2D eigenvalue weighted by atomic mass is 16.5. The smallest absolute Gasteiger partial charge is 0.127 e. The van der Waals surface area contributed by atoms with Gasteiger partial charge in [0.15, 0.2) is 0 Å². The van der Waals surface area contributed by atoms with E-state index in [4.69, 9.17) is 9.47 Å². The monoisotopic (exact) mass is 338 g/mol. The molecule has 2 saturated heterocycles. The molecule has 2 heterocycles. The number of nitrogens with zero attached hydrogens (tertiary/aromatic N) is 1. The molecule has 0 saturated carbocycles. The minimum absolute atomic E-state index is 0.574. The fourth-order valence-electron chi connectivity index (χ4n) is 3.99. The molecule has 4 rings (SSSR count). The Morgan fingerprint density at radius 1 is 1.12 bits per heavy atom. The van der Waals surface area contributed by atoms with Crippen molar-refractivity contribution in [2.45, 2.75) is 25.6 Å². The number of benzene rings is 2. The molecule has 0 bridgehead atoms. The number of hydrogen-bond acceptors (Lipinski definition) is 4. The van der Waals surface area contributed by atoms with E-state index in [1.165, 1.54) is 30.6 Å². The topological polar surface area (TPSA) is 33.7 Å². The van der Waals surface area contributed by atoms with Gasteiger partial charge in [-0.1, -0.05) is 36.4 Å². The number of methoxy groups -OCH3 is 1. The van der Waals surface area contributed by atoms with Gasteiger partial charge in [0.2, 0.25) is 0 Å². The molecule has 2 aliphatic heterocycles. The van der Waals surface area contributed by atoms with Crippen molar-refractivity contribution >= 4 is 0 Å². The van der Waals surface area contributed by atoms with Crippen LogP contribution in [0.1, 0.15) is 17.5 Å². The summed E-state index contributed by atoms with van der Waals surface area (Å²) in [7, 11) is 1.74. The maximum absolute atomic E-state index is 5.92. The van der Waals surface area contributed by atoms with Crippen molar-refractivity contribution in [1.29, 1.82) is 0 Å². The van der Waals surface area contributed by atoms with Crippen LogP contribution in [0.5, 0.6) is 11.5 Å². The third-order valence-corrected chi connectivity index (χ3v) is 5.34. The zero-order valence-electron chi connectivity index (χ0n) is 14.8. The summed E-state index contributed by atoms with van der Waals surface area (Å²) in [5, 5.41) is 3.61. The molecule has 132 valence electrons. The first-order valence-electron chi connectivity index (χ1n) is 9.11. The normalized spacial score (nSPS) is 22.8. The highest BCUT2D eigenvalue weighted by Crippen LogP contribution is 2.30. The van der Waals surface area contributed by atoms with Gasteiger partial charge in [0.25, 0.3) is 0 Å². The lowest BCUT2D eigenvalue weighted by Crippen LogP contribution is -2.30. The van der Waals surface area contributed by atoms with Crippen molar-refractivity contribution in [1.82, 2.24) is 10.2 Å². The second-order valence-corrected chi connectivity index (χ2v) is 7.05. The highest BCUT2D eigenvalue weighted by Gasteiger charge is 2.35. The van der Waals surface area contributed by atoms with E-state index in [0.717, 1.165) is 30.5 Å². The van der Waals surface area contributed by atoms with Crippen molar-refractivity contribution < 1.29 is 9.47 Å². The molecule has 0 radical (unpaired) electrons. The Morgan fingerprint density at radius 2 is 2.00 bits per heavy atom. The molecule has 0 aromatic heterocycles. The molecule has 25 heavy (non-hydrogen) atoms. The number of fused-ring (bicyclic) bond motifs is 1. The molecular weight excluding hydrogens is 312 g/mol. The van der Waals surface area contributed by atoms with Crippen molar-refractivity contribution in [3.63, 3.8) is 0 Å². The minimum atomic E-state index is 0.574. The van der Waals surface area contributed by atoms with E-state index in [0.29, 0.717) is 12.6 Å². The Balaban J connectivity index is 1.39. The Kier molecular flexibility index (Phi) is 4.90. The maximum Gasteiger partial charge on any atom is 0.127 e. The number of likely N-dealkylation sites (tertiary alicyclic amines) is 1. The second-order valence-electron chi connectivity index (χ2n) is 7.05. The molecule has 2 aromatic carbocycles. The fourth-order valence-corrected chi connectivity index (χ4v) is 3.99. The van der Waals surface area contributed by atoms with Gasteiger partial charge in [-0.05, 0) is 30.5 Å². The van der Waals surface area contributed by atoms with E-state index in [9.17, 15) is 0 Å². The summed E-state index contributed by atoms with van der Waals surface area (Å²) in [6.07, 6.45) is 1.31. The van der Waals surface area contributed by atoms with Gasteiger partial charge in [-0.15, -0.1) is 0 Å². The lowest BCUT2D eigenvalue weighted by molar-refractivity contribution is 0.293. The van der Waals surface area contributed by atoms with E-state index >= 15 is 0 Å². The fraction of sp³-hybridized carbons (Fsp3) is 0.429. The van der Waals surface area contributed by atoms with Crippen LogP contribution in [-0.2, 0) is 13.2 Å². The SMILES string of the molecule is COc1cc(OCc2ccccc2)ccc1CN1C[C@H]2CCN[C@H]2C1. The molecule has 4 heteroatoms. The van der Waals surface area contributed by atoms with Gasteiger partial charge < -0.3 is 14.8 Å². The van der Waals surface area contributed by atoms with Crippen LogP contribution in [0.2, 0.25) is 0 Å². The molecular formula is C21H26N2O2. The van der Waals surface area contributed by atoms with Gasteiger partial charge in [-0.3, -0.25) is 4.90 Å². The molecule has 0 aliphatic carbocycles. The van der Waals surface area contributed by atoms with Crippen LogP contribution >= 0.6 is 0 Å². The van der Waals surface area contributed by atoms with Gasteiger partial charge in [0, 0.05) is 37.3 Å². The summed E-state index contributed by atoms with van der Waals surface area (Å²) in [6.45, 7) is 5.02.